The Labute approximate surface area is 229 Å². The third-order valence-electron chi connectivity index (χ3n) is 6.50. The molecule has 9 heteroatoms. The summed E-state index contributed by atoms with van der Waals surface area (Å²) in [6.45, 7) is 5.95. The molecule has 0 aliphatic heterocycles. The van der Waals surface area contributed by atoms with Crippen molar-refractivity contribution in [1.82, 2.24) is 0 Å². The van der Waals surface area contributed by atoms with Crippen molar-refractivity contribution >= 4 is 44.3 Å². The molecule has 1 heterocycles. The highest BCUT2D eigenvalue weighted by atomic mass is 16.5. The first-order chi connectivity index (χ1) is 19.4. The average molecular weight is 541 g/mol. The normalized spacial score (nSPS) is 11.6. The Morgan fingerprint density at radius 1 is 0.750 bits per heavy atom. The number of phenols is 2. The number of fused-ring (bicyclic) bond motifs is 3. The van der Waals surface area contributed by atoms with Crippen LogP contribution in [0.15, 0.2) is 69.2 Å². The van der Waals surface area contributed by atoms with Gasteiger partial charge >= 0.3 is 0 Å². The molecule has 0 unspecified atom stereocenters. The number of amides is 2. The van der Waals surface area contributed by atoms with Crippen LogP contribution in [0.25, 0.3) is 32.5 Å². The number of carbonyl (C=O) groups is 2. The van der Waals surface area contributed by atoms with Crippen LogP contribution in [0.5, 0.6) is 23.0 Å². The summed E-state index contributed by atoms with van der Waals surface area (Å²) in [4.78, 5) is 25.9. The number of rotatable bonds is 8. The molecule has 4 aromatic carbocycles. The molecule has 5 rings (SSSR count). The summed E-state index contributed by atoms with van der Waals surface area (Å²) in [6, 6.07) is 15.1. The van der Waals surface area contributed by atoms with E-state index in [1.165, 1.54) is 0 Å². The van der Waals surface area contributed by atoms with Gasteiger partial charge in [-0.05, 0) is 31.9 Å². The summed E-state index contributed by atoms with van der Waals surface area (Å²) in [5.41, 5.74) is 0.455. The first-order valence-corrected chi connectivity index (χ1v) is 13.0. The number of phenolic OH excluding ortho intramolecular Hbond substituents is 2. The predicted octanol–water partition coefficient (Wildman–Crippen LogP) is 7.47. The number of nitrogens with zero attached hydrogens (tertiary/aromatic N) is 2. The van der Waals surface area contributed by atoms with Crippen LogP contribution in [0.1, 0.15) is 53.2 Å². The highest BCUT2D eigenvalue weighted by Gasteiger charge is 2.31. The minimum absolute atomic E-state index is 0.0148. The molecule has 1 aromatic heterocycles. The zero-order valence-corrected chi connectivity index (χ0v) is 22.4. The van der Waals surface area contributed by atoms with E-state index in [0.29, 0.717) is 23.6 Å². The first-order valence-electron chi connectivity index (χ1n) is 13.0. The number of aryl methyl sites for hydroxylation is 1. The van der Waals surface area contributed by atoms with Gasteiger partial charge in [0.25, 0.3) is 11.8 Å². The third kappa shape index (κ3) is 4.49. The molecule has 40 heavy (non-hydrogen) atoms. The lowest BCUT2D eigenvalue weighted by atomic mass is 9.96. The van der Waals surface area contributed by atoms with Crippen molar-refractivity contribution in [2.24, 2.45) is 10.2 Å². The van der Waals surface area contributed by atoms with Crippen LogP contribution in [-0.2, 0) is 0 Å². The van der Waals surface area contributed by atoms with Crippen LogP contribution in [0.3, 0.4) is 0 Å². The van der Waals surface area contributed by atoms with Gasteiger partial charge in [-0.1, -0.05) is 56.3 Å². The molecule has 0 bridgehead atoms. The highest BCUT2D eigenvalue weighted by molar-refractivity contribution is 6.24. The van der Waals surface area contributed by atoms with Crippen molar-refractivity contribution < 1.29 is 33.7 Å². The number of furan rings is 1. The Morgan fingerprint density at radius 3 is 1.88 bits per heavy atom. The third-order valence-corrected chi connectivity index (χ3v) is 6.50. The van der Waals surface area contributed by atoms with E-state index in [0.717, 1.165) is 0 Å². The molecule has 0 saturated carbocycles. The van der Waals surface area contributed by atoms with E-state index in [1.54, 1.807) is 61.5 Å². The maximum Gasteiger partial charge on any atom is 0.299 e. The van der Waals surface area contributed by atoms with Gasteiger partial charge in [-0.25, -0.2) is 0 Å². The van der Waals surface area contributed by atoms with E-state index < -0.39 is 11.8 Å². The molecule has 0 radical (unpaired) electrons. The van der Waals surface area contributed by atoms with Gasteiger partial charge in [0.15, 0.2) is 11.3 Å². The Kier molecular flexibility index (Phi) is 7.37. The van der Waals surface area contributed by atoms with Gasteiger partial charge in [0.05, 0.1) is 34.9 Å². The number of carbonyl (C=O) groups excluding carboxylic acids is 2. The van der Waals surface area contributed by atoms with Gasteiger partial charge in [-0.15, -0.1) is 10.2 Å². The summed E-state index contributed by atoms with van der Waals surface area (Å²) >= 11 is 0. The van der Waals surface area contributed by atoms with Gasteiger partial charge in [-0.3, -0.25) is 9.59 Å². The van der Waals surface area contributed by atoms with Crippen LogP contribution in [0, 0.1) is 6.92 Å². The minimum atomic E-state index is -0.827. The largest absolute Gasteiger partial charge is 0.507 e. The second-order valence-electron chi connectivity index (χ2n) is 9.26. The second kappa shape index (κ2) is 11.1. The van der Waals surface area contributed by atoms with Crippen molar-refractivity contribution in [3.05, 3.63) is 71.5 Å². The fraction of sp³-hybridized carbons (Fsp3) is 0.226. The number of ether oxygens (including phenoxy) is 2. The van der Waals surface area contributed by atoms with Crippen molar-refractivity contribution in [2.45, 2.75) is 33.6 Å². The van der Waals surface area contributed by atoms with E-state index >= 15 is 0 Å². The van der Waals surface area contributed by atoms with E-state index in [-0.39, 0.29) is 74.8 Å². The molecule has 0 aliphatic carbocycles. The topological polar surface area (TPSA) is 131 Å². The van der Waals surface area contributed by atoms with Crippen LogP contribution >= 0.6 is 0 Å². The number of hydrogen-bond acceptors (Lipinski definition) is 7. The van der Waals surface area contributed by atoms with Crippen LogP contribution in [0.4, 0.5) is 0 Å². The summed E-state index contributed by atoms with van der Waals surface area (Å²) < 4.78 is 18.3. The molecule has 5 aromatic rings. The number of benzene rings is 4. The Hall–Kier alpha value is -4.92. The van der Waals surface area contributed by atoms with Gasteiger partial charge in [0, 0.05) is 16.3 Å². The van der Waals surface area contributed by atoms with Crippen molar-refractivity contribution in [3.63, 3.8) is 0 Å². The number of azo groups is 1. The summed E-state index contributed by atoms with van der Waals surface area (Å²) in [5, 5.41) is 31.7. The van der Waals surface area contributed by atoms with Crippen molar-refractivity contribution in [2.75, 3.05) is 13.2 Å². The second-order valence-corrected chi connectivity index (χ2v) is 9.26. The smallest absolute Gasteiger partial charge is 0.299 e. The van der Waals surface area contributed by atoms with Gasteiger partial charge in [0.2, 0.25) is 0 Å². The molecule has 0 aliphatic rings. The summed E-state index contributed by atoms with van der Waals surface area (Å²) in [5.74, 6) is -1.27. The Balaban J connectivity index is 1.83. The number of hydrogen-bond donors (Lipinski definition) is 2. The summed E-state index contributed by atoms with van der Waals surface area (Å²) in [7, 11) is 0. The molecular weight excluding hydrogens is 512 g/mol. The molecule has 9 nitrogen and oxygen atoms in total. The minimum Gasteiger partial charge on any atom is -0.507 e. The van der Waals surface area contributed by atoms with E-state index in [9.17, 15) is 19.8 Å². The molecule has 204 valence electrons. The quantitative estimate of drug-likeness (QED) is 0.119. The fourth-order valence-electron chi connectivity index (χ4n) is 4.73. The van der Waals surface area contributed by atoms with E-state index in [1.807, 2.05) is 13.8 Å². The lowest BCUT2D eigenvalue weighted by molar-refractivity contribution is 0.0946. The predicted molar refractivity (Wildman–Crippen MR) is 151 cm³/mol. The Morgan fingerprint density at radius 2 is 1.27 bits per heavy atom. The molecule has 0 saturated heterocycles. The molecule has 0 spiro atoms. The van der Waals surface area contributed by atoms with Gasteiger partial charge < -0.3 is 24.1 Å². The molecular formula is C31H28N2O7. The average Bonchev–Trinajstić information content (AvgIpc) is 3.33. The van der Waals surface area contributed by atoms with E-state index in [4.69, 9.17) is 13.9 Å². The summed E-state index contributed by atoms with van der Waals surface area (Å²) in [6.07, 6.45) is 1.28. The number of aromatic hydroxyl groups is 2. The molecule has 2 N–H and O–H groups in total. The fourth-order valence-corrected chi connectivity index (χ4v) is 4.73. The van der Waals surface area contributed by atoms with Gasteiger partial charge in [-0.2, -0.15) is 0 Å². The van der Waals surface area contributed by atoms with Crippen LogP contribution < -0.4 is 9.47 Å². The van der Waals surface area contributed by atoms with Crippen molar-refractivity contribution in [3.8, 4) is 23.0 Å². The molecule has 0 fully saturated rings. The zero-order chi connectivity index (χ0) is 28.4. The first kappa shape index (κ1) is 26.7. The zero-order valence-electron chi connectivity index (χ0n) is 22.4. The maximum atomic E-state index is 13.4. The molecule has 0 atom stereocenters. The molecule has 2 amide bonds. The standard InChI is InChI=1S/C31H28N2O7/c1-4-15-38-27-22-23(26(35)20-14-10-9-13-19(20)25(22)34)28(39-16-5-2)29-24(27)21(17(3)40-29)31(37)33-32-30(36)18-11-7-6-8-12-18/h6-14,34-35H,4-5,15-16H2,1-3H3. The van der Waals surface area contributed by atoms with Crippen LogP contribution in [-0.4, -0.2) is 35.2 Å². The lowest BCUT2D eigenvalue weighted by Crippen LogP contribution is -2.03. The van der Waals surface area contributed by atoms with Gasteiger partial charge in [0.1, 0.15) is 23.0 Å². The SMILES string of the molecule is CCCOc1c2oc(C)c(C(=O)N=NC(=O)c3ccccc3)c2c(OCCC)c2c(O)c3ccccc3c(O)c12. The van der Waals surface area contributed by atoms with Crippen molar-refractivity contribution in [1.29, 1.82) is 0 Å². The van der Waals surface area contributed by atoms with Crippen LogP contribution in [0.2, 0.25) is 0 Å². The maximum absolute atomic E-state index is 13.4. The van der Waals surface area contributed by atoms with E-state index in [2.05, 4.69) is 10.2 Å². The lowest BCUT2D eigenvalue weighted by Gasteiger charge is -2.18. The highest BCUT2D eigenvalue weighted by Crippen LogP contribution is 2.54. The monoisotopic (exact) mass is 540 g/mol. The Bertz CT molecular complexity index is 1790.